The van der Waals surface area contributed by atoms with Crippen LogP contribution in [-0.4, -0.2) is 4.57 Å². The van der Waals surface area contributed by atoms with Gasteiger partial charge in [-0.25, -0.2) is 4.57 Å². The number of ether oxygens (including phenoxy) is 1. The van der Waals surface area contributed by atoms with E-state index in [9.17, 15) is 0 Å². The molecule has 5 heteroatoms. The molecule has 5 heterocycles. The highest BCUT2D eigenvalue weighted by atomic mass is 16.5. The molecule has 0 radical (unpaired) electrons. The average Bonchev–Trinajstić information content (AvgIpc) is 3.42. The Morgan fingerprint density at radius 2 is 1.50 bits per heavy atom. The lowest BCUT2D eigenvalue weighted by molar-refractivity contribution is -1.01. The van der Waals surface area contributed by atoms with Crippen molar-refractivity contribution in [1.82, 2.24) is 9.27 Å². The van der Waals surface area contributed by atoms with Gasteiger partial charge in [-0.05, 0) is 56.3 Å². The van der Waals surface area contributed by atoms with E-state index in [-0.39, 0.29) is 0 Å². The van der Waals surface area contributed by atoms with Gasteiger partial charge in [-0.1, -0.05) is 24.3 Å². The van der Waals surface area contributed by atoms with Crippen molar-refractivity contribution in [2.75, 3.05) is 0 Å². The van der Waals surface area contributed by atoms with Crippen LogP contribution in [0.5, 0.6) is 11.5 Å². The summed E-state index contributed by atoms with van der Waals surface area (Å²) in [6.45, 7) is 4.53. The largest absolute Gasteiger partial charge is 0.444 e. The lowest BCUT2D eigenvalue weighted by Gasteiger charge is -2.25. The molecule has 3 aliphatic heterocycles. The van der Waals surface area contributed by atoms with Crippen LogP contribution >= 0.6 is 0 Å². The van der Waals surface area contributed by atoms with Gasteiger partial charge in [0.1, 0.15) is 15.8 Å². The van der Waals surface area contributed by atoms with E-state index in [1.54, 1.807) is 0 Å². The van der Waals surface area contributed by atoms with Crippen LogP contribution in [0.3, 0.4) is 0 Å². The van der Waals surface area contributed by atoms with Crippen LogP contribution in [0, 0.1) is 0 Å². The normalized spacial score (nSPS) is 18.3. The number of benzene rings is 3. The summed E-state index contributed by atoms with van der Waals surface area (Å²) in [6.07, 6.45) is 2.20. The zero-order valence-electron chi connectivity index (χ0n) is 17.9. The Morgan fingerprint density at radius 3 is 2.31 bits per heavy atom. The van der Waals surface area contributed by atoms with Crippen LogP contribution in [0.25, 0.3) is 33.7 Å². The number of nitrogens with zero attached hydrogens (tertiary/aromatic N) is 4. The zero-order chi connectivity index (χ0) is 21.2. The SMILES string of the molecule is CC(C)n1c2[n+](c3ccccc31)[N+]13c4c(cccc4-c4cccc[n+]41)Oc1cccc-2c13. The number of aromatic nitrogens is 3. The van der Waals surface area contributed by atoms with Crippen molar-refractivity contribution in [2.24, 2.45) is 0 Å². The van der Waals surface area contributed by atoms with E-state index in [1.165, 1.54) is 45.1 Å². The van der Waals surface area contributed by atoms with Gasteiger partial charge < -0.3 is 4.74 Å². The first-order chi connectivity index (χ1) is 15.7. The molecule has 0 saturated carbocycles. The molecule has 0 fully saturated rings. The topological polar surface area (TPSA) is 21.9 Å². The van der Waals surface area contributed by atoms with Gasteiger partial charge in [0.15, 0.2) is 17.0 Å². The van der Waals surface area contributed by atoms with E-state index in [4.69, 9.17) is 4.74 Å². The summed E-state index contributed by atoms with van der Waals surface area (Å²) in [6, 6.07) is 28.4. The van der Waals surface area contributed by atoms with Crippen LogP contribution < -0.4 is 18.8 Å². The number of hydrogen-bond acceptors (Lipinski definition) is 1. The molecular formula is C27H21N4O+3. The molecule has 0 aliphatic carbocycles. The molecule has 5 nitrogen and oxygen atoms in total. The minimum Gasteiger partial charge on any atom is -0.444 e. The third-order valence-corrected chi connectivity index (χ3v) is 7.11. The molecule has 3 aromatic carbocycles. The highest BCUT2D eigenvalue weighted by Crippen LogP contribution is 2.61. The molecule has 152 valence electrons. The second-order valence-corrected chi connectivity index (χ2v) is 9.03. The van der Waals surface area contributed by atoms with E-state index in [0.717, 1.165) is 11.5 Å². The van der Waals surface area contributed by atoms with Gasteiger partial charge in [0.05, 0.1) is 6.04 Å². The first-order valence-corrected chi connectivity index (χ1v) is 11.1. The molecule has 3 aliphatic rings. The molecule has 5 aromatic rings. The van der Waals surface area contributed by atoms with Crippen molar-refractivity contribution in [3.05, 3.63) is 85.1 Å². The van der Waals surface area contributed by atoms with E-state index >= 15 is 0 Å². The summed E-state index contributed by atoms with van der Waals surface area (Å²) in [7, 11) is 0. The Balaban J connectivity index is 1.71. The summed E-state index contributed by atoms with van der Waals surface area (Å²) in [5.41, 5.74) is 8.44. The second kappa shape index (κ2) is 5.26. The minimum absolute atomic E-state index is 0.310. The molecule has 2 aromatic heterocycles. The first kappa shape index (κ1) is 16.7. The maximum absolute atomic E-state index is 6.55. The molecule has 0 saturated heterocycles. The molecule has 32 heavy (non-hydrogen) atoms. The number of hydrogen-bond donors (Lipinski definition) is 0. The summed E-state index contributed by atoms with van der Waals surface area (Å²) in [5.74, 6) is 3.05. The van der Waals surface area contributed by atoms with Crippen LogP contribution in [0.2, 0.25) is 0 Å². The maximum atomic E-state index is 6.55. The number of imidazole rings is 1. The van der Waals surface area contributed by atoms with Gasteiger partial charge in [-0.2, -0.15) is 0 Å². The van der Waals surface area contributed by atoms with Crippen molar-refractivity contribution < 1.29 is 14.1 Å². The Bertz CT molecular complexity index is 1650. The Kier molecular flexibility index (Phi) is 2.74. The fourth-order valence-corrected chi connectivity index (χ4v) is 6.12. The Hall–Kier alpha value is -3.96. The molecule has 1 unspecified atom stereocenters. The van der Waals surface area contributed by atoms with Crippen LogP contribution in [-0.2, 0) is 0 Å². The zero-order valence-corrected chi connectivity index (χ0v) is 17.9. The van der Waals surface area contributed by atoms with E-state index in [1.807, 2.05) is 0 Å². The van der Waals surface area contributed by atoms with Crippen molar-refractivity contribution in [1.29, 1.82) is 0 Å². The molecule has 8 rings (SSSR count). The maximum Gasteiger partial charge on any atom is 0.354 e. The molecule has 0 amide bonds. The van der Waals surface area contributed by atoms with Gasteiger partial charge in [0, 0.05) is 21.5 Å². The van der Waals surface area contributed by atoms with Crippen molar-refractivity contribution in [3.8, 4) is 34.1 Å². The van der Waals surface area contributed by atoms with Crippen molar-refractivity contribution >= 4 is 22.4 Å². The van der Waals surface area contributed by atoms with Gasteiger partial charge in [-0.15, -0.1) is 0 Å². The predicted molar refractivity (Wildman–Crippen MR) is 122 cm³/mol. The monoisotopic (exact) mass is 417 g/mol. The molecule has 1 spiro atoms. The lowest BCUT2D eigenvalue weighted by atomic mass is 10.1. The number of fused-ring (bicyclic) bond motifs is 6. The predicted octanol–water partition coefficient (Wildman–Crippen LogP) is 5.43. The first-order valence-electron chi connectivity index (χ1n) is 11.1. The van der Waals surface area contributed by atoms with Crippen LogP contribution in [0.1, 0.15) is 19.9 Å². The van der Waals surface area contributed by atoms with E-state index in [0.29, 0.717) is 10.7 Å². The molecular weight excluding hydrogens is 396 g/mol. The summed E-state index contributed by atoms with van der Waals surface area (Å²) < 4.78 is 14.4. The van der Waals surface area contributed by atoms with E-state index < -0.39 is 0 Å². The number of para-hydroxylation sites is 4. The standard InChI is InChI=1S/C27H21N4O/c1-17(2)29-21-12-3-4-13-22(21)30-27(29)19-10-8-15-24-26(19)31(30)25-18(9-7-14-23(25)32-24)20-11-5-6-16-28(20)31/h3-17H,1-2H3/q+3. The smallest absolute Gasteiger partial charge is 0.354 e. The summed E-state index contributed by atoms with van der Waals surface area (Å²) in [4.78, 5) is 0. The van der Waals surface area contributed by atoms with Crippen LogP contribution in [0.4, 0.5) is 11.4 Å². The van der Waals surface area contributed by atoms with Gasteiger partial charge >= 0.3 is 5.82 Å². The molecule has 1 atom stereocenters. The highest BCUT2D eigenvalue weighted by molar-refractivity contribution is 5.93. The Morgan fingerprint density at radius 1 is 0.781 bits per heavy atom. The number of quaternary nitrogens is 1. The minimum atomic E-state index is 0.310. The summed E-state index contributed by atoms with van der Waals surface area (Å²) in [5, 5.41) is 0. The van der Waals surface area contributed by atoms with Gasteiger partial charge in [0.25, 0.3) is 17.1 Å². The summed E-state index contributed by atoms with van der Waals surface area (Å²) >= 11 is 0. The van der Waals surface area contributed by atoms with Gasteiger partial charge in [0.2, 0.25) is 11.7 Å². The van der Waals surface area contributed by atoms with Gasteiger partial charge in [-0.3, -0.25) is 0 Å². The molecule has 0 N–H and O–H groups in total. The number of rotatable bonds is 1. The highest BCUT2D eigenvalue weighted by Gasteiger charge is 2.72. The fourth-order valence-electron chi connectivity index (χ4n) is 6.12. The third kappa shape index (κ3) is 1.57. The lowest BCUT2D eigenvalue weighted by Crippen LogP contribution is -2.81. The van der Waals surface area contributed by atoms with Crippen molar-refractivity contribution in [3.63, 3.8) is 0 Å². The Labute approximate surface area is 185 Å². The van der Waals surface area contributed by atoms with Crippen LogP contribution in [0.15, 0.2) is 85.1 Å². The fraction of sp³-hybridized carbons (Fsp3) is 0.111. The van der Waals surface area contributed by atoms with Crippen molar-refractivity contribution in [2.45, 2.75) is 19.9 Å². The molecule has 0 bridgehead atoms. The van der Waals surface area contributed by atoms with E-state index in [2.05, 4.69) is 113 Å². The second-order valence-electron chi connectivity index (χ2n) is 9.03. The number of pyridine rings is 1. The average molecular weight is 417 g/mol. The quantitative estimate of drug-likeness (QED) is 0.258. The third-order valence-electron chi connectivity index (χ3n) is 7.11.